The van der Waals surface area contributed by atoms with Crippen molar-refractivity contribution in [3.63, 3.8) is 0 Å². The summed E-state index contributed by atoms with van der Waals surface area (Å²) >= 11 is 7.86. The lowest BCUT2D eigenvalue weighted by Gasteiger charge is -2.06. The first-order chi connectivity index (χ1) is 9.19. The highest BCUT2D eigenvalue weighted by atomic mass is 35.5. The van der Waals surface area contributed by atoms with Crippen molar-refractivity contribution in [2.75, 3.05) is 0 Å². The molecule has 5 heteroatoms. The highest BCUT2D eigenvalue weighted by molar-refractivity contribution is 7.09. The van der Waals surface area contributed by atoms with Gasteiger partial charge in [-0.1, -0.05) is 30.7 Å². The van der Waals surface area contributed by atoms with Crippen molar-refractivity contribution in [1.29, 1.82) is 0 Å². The molecular formula is C14H12ClN3S. The second kappa shape index (κ2) is 4.87. The molecule has 0 aliphatic carbocycles. The van der Waals surface area contributed by atoms with Gasteiger partial charge in [-0.05, 0) is 25.0 Å². The normalized spacial score (nSPS) is 11.1. The van der Waals surface area contributed by atoms with E-state index in [9.17, 15) is 0 Å². The average molecular weight is 290 g/mol. The highest BCUT2D eigenvalue weighted by Gasteiger charge is 2.12. The maximum atomic E-state index is 6.27. The minimum atomic E-state index is 0.487. The molecule has 0 saturated heterocycles. The summed E-state index contributed by atoms with van der Waals surface area (Å²) in [7, 11) is 0. The van der Waals surface area contributed by atoms with Gasteiger partial charge >= 0.3 is 0 Å². The molecule has 3 rings (SSSR count). The van der Waals surface area contributed by atoms with E-state index < -0.39 is 0 Å². The fourth-order valence-corrected chi connectivity index (χ4v) is 2.86. The molecule has 0 aliphatic rings. The lowest BCUT2D eigenvalue weighted by atomic mass is 10.1. The predicted molar refractivity (Wildman–Crippen MR) is 79.8 cm³/mol. The van der Waals surface area contributed by atoms with E-state index in [1.165, 1.54) is 5.56 Å². The van der Waals surface area contributed by atoms with E-state index in [4.69, 9.17) is 11.6 Å². The third-order valence-corrected chi connectivity index (χ3v) is 4.05. The first kappa shape index (κ1) is 12.5. The Kier molecular flexibility index (Phi) is 3.21. The third kappa shape index (κ3) is 2.22. The first-order valence-electron chi connectivity index (χ1n) is 6.06. The Labute approximate surface area is 120 Å². The van der Waals surface area contributed by atoms with Crippen LogP contribution in [0.15, 0.2) is 23.6 Å². The van der Waals surface area contributed by atoms with Crippen LogP contribution in [0.3, 0.4) is 0 Å². The smallest absolute Gasteiger partial charge is 0.181 e. The van der Waals surface area contributed by atoms with Gasteiger partial charge in [0.2, 0.25) is 0 Å². The number of benzene rings is 1. The molecule has 0 bridgehead atoms. The van der Waals surface area contributed by atoms with Crippen LogP contribution in [0, 0.1) is 6.92 Å². The van der Waals surface area contributed by atoms with Crippen LogP contribution in [0.2, 0.25) is 5.15 Å². The largest absolute Gasteiger partial charge is 0.238 e. The number of halogens is 1. The molecule has 0 fully saturated rings. The Morgan fingerprint density at radius 3 is 2.74 bits per heavy atom. The summed E-state index contributed by atoms with van der Waals surface area (Å²) < 4.78 is 0. The maximum absolute atomic E-state index is 6.27. The van der Waals surface area contributed by atoms with Crippen molar-refractivity contribution in [2.45, 2.75) is 20.3 Å². The second-order valence-corrected chi connectivity index (χ2v) is 5.68. The van der Waals surface area contributed by atoms with Gasteiger partial charge in [0.05, 0.1) is 10.5 Å². The summed E-state index contributed by atoms with van der Waals surface area (Å²) in [6.07, 6.45) is 0.917. The van der Waals surface area contributed by atoms with Crippen molar-refractivity contribution in [1.82, 2.24) is 15.0 Å². The van der Waals surface area contributed by atoms with Crippen molar-refractivity contribution in [3.05, 3.63) is 39.3 Å². The lowest BCUT2D eigenvalue weighted by molar-refractivity contribution is 1.12. The SMILES string of the molecule is CCc1cccc2c(Cl)nc(-c3csc(C)n3)nc12. The molecule has 19 heavy (non-hydrogen) atoms. The molecule has 3 aromatic rings. The standard InChI is InChI=1S/C14H12ClN3S/c1-3-9-5-4-6-10-12(9)17-14(18-13(10)15)11-7-19-8(2)16-11/h4-7H,3H2,1-2H3. The fraction of sp³-hybridized carbons (Fsp3) is 0.214. The Morgan fingerprint density at radius 2 is 2.05 bits per heavy atom. The van der Waals surface area contributed by atoms with Gasteiger partial charge in [-0.3, -0.25) is 0 Å². The van der Waals surface area contributed by atoms with Crippen LogP contribution in [0.1, 0.15) is 17.5 Å². The topological polar surface area (TPSA) is 38.7 Å². The van der Waals surface area contributed by atoms with Crippen molar-refractivity contribution in [3.8, 4) is 11.5 Å². The van der Waals surface area contributed by atoms with Crippen LogP contribution >= 0.6 is 22.9 Å². The predicted octanol–water partition coefficient (Wildman–Crippen LogP) is 4.28. The third-order valence-electron chi connectivity index (χ3n) is 2.99. The van der Waals surface area contributed by atoms with E-state index in [2.05, 4.69) is 27.9 Å². The number of hydrogen-bond donors (Lipinski definition) is 0. The number of rotatable bonds is 2. The molecule has 0 saturated carbocycles. The first-order valence-corrected chi connectivity index (χ1v) is 7.32. The van der Waals surface area contributed by atoms with Crippen molar-refractivity contribution < 1.29 is 0 Å². The molecule has 3 nitrogen and oxygen atoms in total. The zero-order chi connectivity index (χ0) is 13.4. The van der Waals surface area contributed by atoms with E-state index >= 15 is 0 Å². The van der Waals surface area contributed by atoms with Crippen LogP contribution in [0.25, 0.3) is 22.4 Å². The molecule has 0 aliphatic heterocycles. The summed E-state index contributed by atoms with van der Waals surface area (Å²) in [6, 6.07) is 6.01. The fourth-order valence-electron chi connectivity index (χ4n) is 2.04. The molecule has 0 N–H and O–H groups in total. The number of aromatic nitrogens is 3. The molecule has 0 amide bonds. The summed E-state index contributed by atoms with van der Waals surface area (Å²) in [4.78, 5) is 13.4. The number of hydrogen-bond acceptors (Lipinski definition) is 4. The van der Waals surface area contributed by atoms with Gasteiger partial charge in [0.15, 0.2) is 5.82 Å². The number of para-hydroxylation sites is 1. The molecular weight excluding hydrogens is 278 g/mol. The molecule has 2 heterocycles. The number of nitrogens with zero attached hydrogens (tertiary/aromatic N) is 3. The summed E-state index contributed by atoms with van der Waals surface area (Å²) in [5.74, 6) is 0.600. The minimum absolute atomic E-state index is 0.487. The van der Waals surface area contributed by atoms with Crippen LogP contribution in [-0.4, -0.2) is 15.0 Å². The minimum Gasteiger partial charge on any atom is -0.238 e. The molecule has 1 aromatic carbocycles. The van der Waals surface area contributed by atoms with Gasteiger partial charge in [0, 0.05) is 10.8 Å². The van der Waals surface area contributed by atoms with Crippen LogP contribution in [0.4, 0.5) is 0 Å². The van der Waals surface area contributed by atoms with Gasteiger partial charge in [-0.25, -0.2) is 15.0 Å². The van der Waals surface area contributed by atoms with Gasteiger partial charge in [-0.15, -0.1) is 11.3 Å². The Bertz CT molecular complexity index is 752. The van der Waals surface area contributed by atoms with Crippen LogP contribution in [-0.2, 0) is 6.42 Å². The van der Waals surface area contributed by atoms with E-state index in [1.807, 2.05) is 24.4 Å². The lowest BCUT2D eigenvalue weighted by Crippen LogP contribution is -1.95. The van der Waals surface area contributed by atoms with E-state index in [0.29, 0.717) is 11.0 Å². The number of thiazole rings is 1. The zero-order valence-corrected chi connectivity index (χ0v) is 12.2. The van der Waals surface area contributed by atoms with Crippen molar-refractivity contribution in [2.24, 2.45) is 0 Å². The van der Waals surface area contributed by atoms with E-state index in [-0.39, 0.29) is 0 Å². The monoisotopic (exact) mass is 289 g/mol. The van der Waals surface area contributed by atoms with Gasteiger partial charge in [0.25, 0.3) is 0 Å². The zero-order valence-electron chi connectivity index (χ0n) is 10.6. The molecule has 2 aromatic heterocycles. The van der Waals surface area contributed by atoms with Crippen LogP contribution < -0.4 is 0 Å². The molecule has 0 spiro atoms. The summed E-state index contributed by atoms with van der Waals surface area (Å²) in [5.41, 5.74) is 2.89. The maximum Gasteiger partial charge on any atom is 0.181 e. The van der Waals surface area contributed by atoms with Gasteiger partial charge in [-0.2, -0.15) is 0 Å². The van der Waals surface area contributed by atoms with Crippen molar-refractivity contribution >= 4 is 33.8 Å². The van der Waals surface area contributed by atoms with Gasteiger partial charge < -0.3 is 0 Å². The van der Waals surface area contributed by atoms with Crippen LogP contribution in [0.5, 0.6) is 0 Å². The Balaban J connectivity index is 2.28. The Morgan fingerprint density at radius 1 is 1.21 bits per heavy atom. The number of fused-ring (bicyclic) bond motifs is 1. The number of aryl methyl sites for hydroxylation is 2. The molecule has 0 atom stereocenters. The molecule has 0 unspecified atom stereocenters. The molecule has 0 radical (unpaired) electrons. The summed E-state index contributed by atoms with van der Waals surface area (Å²) in [5, 5.41) is 4.35. The van der Waals surface area contributed by atoms with E-state index in [0.717, 1.165) is 28.0 Å². The van der Waals surface area contributed by atoms with E-state index in [1.54, 1.807) is 11.3 Å². The highest BCUT2D eigenvalue weighted by Crippen LogP contribution is 2.27. The Hall–Kier alpha value is -1.52. The molecule has 96 valence electrons. The summed E-state index contributed by atoms with van der Waals surface area (Å²) in [6.45, 7) is 4.08. The second-order valence-electron chi connectivity index (χ2n) is 4.26. The van der Waals surface area contributed by atoms with Gasteiger partial charge in [0.1, 0.15) is 10.8 Å². The average Bonchev–Trinajstić information content (AvgIpc) is 2.85. The quantitative estimate of drug-likeness (QED) is 0.661.